The van der Waals surface area contributed by atoms with Crippen LogP contribution in [0.3, 0.4) is 0 Å². The lowest BCUT2D eigenvalue weighted by atomic mass is 10.2. The van der Waals surface area contributed by atoms with E-state index in [0.29, 0.717) is 16.5 Å². The quantitative estimate of drug-likeness (QED) is 0.866. The summed E-state index contributed by atoms with van der Waals surface area (Å²) in [5.41, 5.74) is 2.28. The zero-order valence-corrected chi connectivity index (χ0v) is 14.4. The Kier molecular flexibility index (Phi) is 5.93. The zero-order valence-electron chi connectivity index (χ0n) is 13.6. The van der Waals surface area contributed by atoms with Gasteiger partial charge in [-0.3, -0.25) is 4.79 Å². The molecule has 23 heavy (non-hydrogen) atoms. The summed E-state index contributed by atoms with van der Waals surface area (Å²) >= 11 is 5.96. The van der Waals surface area contributed by atoms with E-state index in [2.05, 4.69) is 22.2 Å². The molecule has 0 atom stereocenters. The van der Waals surface area contributed by atoms with E-state index in [0.717, 1.165) is 30.6 Å². The second-order valence-electron chi connectivity index (χ2n) is 5.45. The fourth-order valence-corrected chi connectivity index (χ4v) is 2.37. The Bertz CT molecular complexity index is 690. The summed E-state index contributed by atoms with van der Waals surface area (Å²) in [5, 5.41) is 3.88. The number of unbranched alkanes of at least 4 members (excludes halogenated alkanes) is 1. The number of halogens is 1. The molecule has 0 aliphatic rings. The number of aryl methyl sites for hydroxylation is 1. The molecular formula is C17H21ClN4O. The molecular weight excluding hydrogens is 312 g/mol. The fraction of sp³-hybridized carbons (Fsp3) is 0.353. The molecule has 0 bridgehead atoms. The van der Waals surface area contributed by atoms with Gasteiger partial charge in [-0.1, -0.05) is 24.9 Å². The summed E-state index contributed by atoms with van der Waals surface area (Å²) < 4.78 is 0. The molecule has 5 nitrogen and oxygen atoms in total. The second kappa shape index (κ2) is 7.92. The minimum atomic E-state index is -0.100. The van der Waals surface area contributed by atoms with Gasteiger partial charge in [-0.05, 0) is 37.1 Å². The lowest BCUT2D eigenvalue weighted by molar-refractivity contribution is 0.0787. The van der Waals surface area contributed by atoms with E-state index in [4.69, 9.17) is 11.6 Å². The first-order chi connectivity index (χ1) is 11.0. The van der Waals surface area contributed by atoms with Gasteiger partial charge >= 0.3 is 0 Å². The molecule has 0 spiro atoms. The second-order valence-corrected chi connectivity index (χ2v) is 5.89. The Morgan fingerprint density at radius 2 is 2.09 bits per heavy atom. The van der Waals surface area contributed by atoms with Crippen LogP contribution in [0.4, 0.5) is 11.5 Å². The maximum atomic E-state index is 12.4. The van der Waals surface area contributed by atoms with E-state index in [1.54, 1.807) is 18.0 Å². The first-order valence-corrected chi connectivity index (χ1v) is 7.99. The van der Waals surface area contributed by atoms with E-state index in [-0.39, 0.29) is 5.91 Å². The third-order valence-corrected chi connectivity index (χ3v) is 3.77. The molecule has 1 heterocycles. The number of aromatic nitrogens is 2. The van der Waals surface area contributed by atoms with Crippen molar-refractivity contribution in [2.45, 2.75) is 26.7 Å². The van der Waals surface area contributed by atoms with Crippen LogP contribution in [0, 0.1) is 6.92 Å². The van der Waals surface area contributed by atoms with E-state index in [9.17, 15) is 4.79 Å². The Hall–Kier alpha value is -2.14. The maximum Gasteiger partial charge on any atom is 0.272 e. The molecule has 0 unspecified atom stereocenters. The summed E-state index contributed by atoms with van der Waals surface area (Å²) in [6, 6.07) is 7.23. The number of amides is 1. The summed E-state index contributed by atoms with van der Waals surface area (Å²) in [4.78, 5) is 22.3. The van der Waals surface area contributed by atoms with Gasteiger partial charge in [-0.25, -0.2) is 9.97 Å². The van der Waals surface area contributed by atoms with Crippen LogP contribution in [0.2, 0.25) is 5.02 Å². The van der Waals surface area contributed by atoms with Crippen molar-refractivity contribution < 1.29 is 4.79 Å². The van der Waals surface area contributed by atoms with Gasteiger partial charge in [0.2, 0.25) is 0 Å². The third-order valence-electron chi connectivity index (χ3n) is 3.53. The largest absolute Gasteiger partial charge is 0.340 e. The predicted molar refractivity (Wildman–Crippen MR) is 93.4 cm³/mol. The minimum absolute atomic E-state index is 0.100. The highest BCUT2D eigenvalue weighted by molar-refractivity contribution is 6.30. The van der Waals surface area contributed by atoms with Gasteiger partial charge < -0.3 is 10.2 Å². The van der Waals surface area contributed by atoms with Crippen molar-refractivity contribution >= 4 is 29.0 Å². The molecule has 2 aromatic rings. The molecule has 6 heteroatoms. The number of hydrogen-bond acceptors (Lipinski definition) is 4. The molecule has 0 saturated carbocycles. The first-order valence-electron chi connectivity index (χ1n) is 7.62. The lowest BCUT2D eigenvalue weighted by Crippen LogP contribution is -2.28. The van der Waals surface area contributed by atoms with Gasteiger partial charge in [0.15, 0.2) is 0 Å². The minimum Gasteiger partial charge on any atom is -0.340 e. The average molecular weight is 333 g/mol. The van der Waals surface area contributed by atoms with Gasteiger partial charge in [0, 0.05) is 30.4 Å². The molecule has 0 radical (unpaired) electrons. The molecule has 0 aliphatic carbocycles. The van der Waals surface area contributed by atoms with Crippen LogP contribution in [0.1, 0.15) is 35.8 Å². The highest BCUT2D eigenvalue weighted by Crippen LogP contribution is 2.22. The number of rotatable bonds is 6. The SMILES string of the molecule is CCCCN(C)C(=O)c1cc(Nc2ccc(Cl)cc2C)ncn1. The van der Waals surface area contributed by atoms with Gasteiger partial charge in [0.1, 0.15) is 17.8 Å². The van der Waals surface area contributed by atoms with Crippen molar-refractivity contribution in [3.05, 3.63) is 46.9 Å². The topological polar surface area (TPSA) is 58.1 Å². The van der Waals surface area contributed by atoms with Crippen LogP contribution in [0.5, 0.6) is 0 Å². The molecule has 0 fully saturated rings. The van der Waals surface area contributed by atoms with Crippen molar-refractivity contribution in [1.82, 2.24) is 14.9 Å². The Balaban J connectivity index is 2.14. The first kappa shape index (κ1) is 17.2. The predicted octanol–water partition coefficient (Wildman–Crippen LogP) is 4.05. The average Bonchev–Trinajstić information content (AvgIpc) is 2.55. The molecule has 0 saturated heterocycles. The monoisotopic (exact) mass is 332 g/mol. The van der Waals surface area contributed by atoms with Crippen molar-refractivity contribution in [3.63, 3.8) is 0 Å². The Morgan fingerprint density at radius 3 is 2.78 bits per heavy atom. The lowest BCUT2D eigenvalue weighted by Gasteiger charge is -2.16. The van der Waals surface area contributed by atoms with Gasteiger partial charge in [-0.15, -0.1) is 0 Å². The van der Waals surface area contributed by atoms with Crippen LogP contribution in [0.25, 0.3) is 0 Å². The number of carbonyl (C=O) groups excluding carboxylic acids is 1. The molecule has 2 rings (SSSR count). The molecule has 1 amide bonds. The van der Waals surface area contributed by atoms with Crippen LogP contribution in [-0.4, -0.2) is 34.4 Å². The Labute approximate surface area is 141 Å². The van der Waals surface area contributed by atoms with Gasteiger partial charge in [0.05, 0.1) is 0 Å². The van der Waals surface area contributed by atoms with Crippen molar-refractivity contribution in [3.8, 4) is 0 Å². The van der Waals surface area contributed by atoms with E-state index >= 15 is 0 Å². The third kappa shape index (κ3) is 4.66. The van der Waals surface area contributed by atoms with Crippen molar-refractivity contribution in [2.75, 3.05) is 18.9 Å². The molecule has 1 aromatic carbocycles. The normalized spacial score (nSPS) is 10.4. The summed E-state index contributed by atoms with van der Waals surface area (Å²) in [7, 11) is 1.79. The summed E-state index contributed by atoms with van der Waals surface area (Å²) in [5.74, 6) is 0.481. The number of carbonyl (C=O) groups is 1. The van der Waals surface area contributed by atoms with Crippen LogP contribution in [0.15, 0.2) is 30.6 Å². The van der Waals surface area contributed by atoms with Crippen LogP contribution < -0.4 is 5.32 Å². The highest BCUT2D eigenvalue weighted by atomic mass is 35.5. The van der Waals surface area contributed by atoms with Gasteiger partial charge in [0.25, 0.3) is 5.91 Å². The molecule has 0 aliphatic heterocycles. The molecule has 1 aromatic heterocycles. The van der Waals surface area contributed by atoms with Gasteiger partial charge in [-0.2, -0.15) is 0 Å². The van der Waals surface area contributed by atoms with Crippen molar-refractivity contribution in [1.29, 1.82) is 0 Å². The van der Waals surface area contributed by atoms with Crippen molar-refractivity contribution in [2.24, 2.45) is 0 Å². The number of benzene rings is 1. The zero-order chi connectivity index (χ0) is 16.8. The highest BCUT2D eigenvalue weighted by Gasteiger charge is 2.14. The summed E-state index contributed by atoms with van der Waals surface area (Å²) in [6.45, 7) is 4.78. The van der Waals surface area contributed by atoms with E-state index in [1.165, 1.54) is 6.33 Å². The van der Waals surface area contributed by atoms with Crippen LogP contribution >= 0.6 is 11.6 Å². The molecule has 122 valence electrons. The number of nitrogens with one attached hydrogen (secondary N) is 1. The number of nitrogens with zero attached hydrogens (tertiary/aromatic N) is 3. The smallest absolute Gasteiger partial charge is 0.272 e. The standard InChI is InChI=1S/C17H21ClN4O/c1-4-5-8-22(3)17(23)15-10-16(20-11-19-15)21-14-7-6-13(18)9-12(14)2/h6-7,9-11H,4-5,8H2,1-3H3,(H,19,20,21). The maximum absolute atomic E-state index is 12.4. The van der Waals surface area contributed by atoms with E-state index < -0.39 is 0 Å². The summed E-state index contributed by atoms with van der Waals surface area (Å²) in [6.07, 6.45) is 3.42. The number of anilines is 2. The molecule has 1 N–H and O–H groups in total. The number of hydrogen-bond donors (Lipinski definition) is 1. The Morgan fingerprint density at radius 1 is 1.30 bits per heavy atom. The van der Waals surface area contributed by atoms with Crippen LogP contribution in [-0.2, 0) is 0 Å². The van der Waals surface area contributed by atoms with E-state index in [1.807, 2.05) is 25.1 Å². The fourth-order valence-electron chi connectivity index (χ4n) is 2.14.